The number of anilines is 2. The summed E-state index contributed by atoms with van der Waals surface area (Å²) in [5.74, 6) is 1.92. The summed E-state index contributed by atoms with van der Waals surface area (Å²) in [4.78, 5) is 8.99. The van der Waals surface area contributed by atoms with Gasteiger partial charge >= 0.3 is 0 Å². The van der Waals surface area contributed by atoms with E-state index in [1.54, 1.807) is 25.5 Å². The Kier molecular flexibility index (Phi) is 7.25. The Hall–Kier alpha value is -3.48. The predicted octanol–water partition coefficient (Wildman–Crippen LogP) is 6.18. The first kappa shape index (κ1) is 24.8. The number of hydrogen-bond acceptors (Lipinski definition) is 8. The lowest BCUT2D eigenvalue weighted by Crippen LogP contribution is -2.43. The van der Waals surface area contributed by atoms with Crippen LogP contribution in [0.25, 0.3) is 22.0 Å². The fourth-order valence-corrected chi connectivity index (χ4v) is 5.03. The molecule has 0 amide bonds. The van der Waals surface area contributed by atoms with Gasteiger partial charge in [0.25, 0.3) is 0 Å². The third kappa shape index (κ3) is 5.24. The minimum Gasteiger partial charge on any atom is -0.496 e. The highest BCUT2D eigenvalue weighted by molar-refractivity contribution is 6.37. The molecule has 196 valence electrons. The molecule has 8 nitrogen and oxygen atoms in total. The molecule has 2 aromatic carbocycles. The maximum atomic E-state index is 9.83. The molecule has 0 saturated carbocycles. The lowest BCUT2D eigenvalue weighted by molar-refractivity contribution is 0.140. The molecule has 1 aliphatic heterocycles. The SMILES string of the molecule is [2H]CN1CCN(Cc2cc(-c3cc4ncc(C#N)c(Nc5cc(OC)c(Cl)cc5Cl)c4cc3OC)co2)CC1. The highest BCUT2D eigenvalue weighted by atomic mass is 35.5. The zero-order valence-corrected chi connectivity index (χ0v) is 22.6. The largest absolute Gasteiger partial charge is 0.496 e. The lowest BCUT2D eigenvalue weighted by atomic mass is 10.0. The van der Waals surface area contributed by atoms with Gasteiger partial charge in [-0.15, -0.1) is 0 Å². The third-order valence-electron chi connectivity index (χ3n) is 6.62. The van der Waals surface area contributed by atoms with Crippen LogP contribution in [0.5, 0.6) is 11.5 Å². The van der Waals surface area contributed by atoms with E-state index in [0.29, 0.717) is 63.0 Å². The first-order valence-corrected chi connectivity index (χ1v) is 12.7. The molecule has 0 aliphatic carbocycles. The molecule has 1 fully saturated rings. The third-order valence-corrected chi connectivity index (χ3v) is 7.23. The van der Waals surface area contributed by atoms with Crippen LogP contribution in [-0.4, -0.2) is 62.2 Å². The van der Waals surface area contributed by atoms with Crippen molar-refractivity contribution in [3.8, 4) is 28.7 Å². The van der Waals surface area contributed by atoms with Crippen LogP contribution >= 0.6 is 23.2 Å². The Morgan fingerprint density at radius 3 is 2.58 bits per heavy atom. The van der Waals surface area contributed by atoms with Gasteiger partial charge in [0, 0.05) is 56.3 Å². The first-order chi connectivity index (χ1) is 18.9. The molecule has 3 heterocycles. The number of piperazine rings is 1. The van der Waals surface area contributed by atoms with Gasteiger partial charge in [-0.1, -0.05) is 23.2 Å². The molecule has 10 heteroatoms. The lowest BCUT2D eigenvalue weighted by Gasteiger charge is -2.31. The second kappa shape index (κ2) is 11.1. The average molecular weight is 553 g/mol. The van der Waals surface area contributed by atoms with Crippen LogP contribution < -0.4 is 14.8 Å². The summed E-state index contributed by atoms with van der Waals surface area (Å²) >= 11 is 12.7. The molecule has 1 aliphatic rings. The normalized spacial score (nSPS) is 14.8. The molecule has 1 saturated heterocycles. The van der Waals surface area contributed by atoms with Gasteiger partial charge in [0.1, 0.15) is 23.3 Å². The average Bonchev–Trinajstić information content (AvgIpc) is 3.42. The van der Waals surface area contributed by atoms with Crippen LogP contribution in [0.15, 0.2) is 47.2 Å². The zero-order chi connectivity index (χ0) is 27.5. The second-order valence-corrected chi connectivity index (χ2v) is 9.83. The number of pyridine rings is 1. The number of methoxy groups -OCH3 is 2. The number of likely N-dealkylation sites (N-methyl/N-ethyl adjacent to an activating group) is 1. The van der Waals surface area contributed by atoms with Gasteiger partial charge in [-0.05, 0) is 31.3 Å². The standard InChI is InChI=1S/C28H27Cl2N5O3/c1-34-4-6-35(7-5-34)15-19-8-17(16-38-19)20-9-24-21(10-26(20)36-2)28(18(13-31)14-32-24)33-25-12-27(37-3)23(30)11-22(25)29/h8-12,14,16H,4-7,15H2,1-3H3,(H,32,33)/i1D. The predicted molar refractivity (Wildman–Crippen MR) is 150 cm³/mol. The highest BCUT2D eigenvalue weighted by Gasteiger charge is 2.19. The molecular formula is C28H27Cl2N5O3. The monoisotopic (exact) mass is 552 g/mol. The fourth-order valence-electron chi connectivity index (χ4n) is 4.52. The Morgan fingerprint density at radius 2 is 1.87 bits per heavy atom. The Morgan fingerprint density at radius 1 is 1.08 bits per heavy atom. The maximum absolute atomic E-state index is 9.83. The number of rotatable bonds is 7. The van der Waals surface area contributed by atoms with Gasteiger partial charge in [-0.3, -0.25) is 9.88 Å². The van der Waals surface area contributed by atoms with Crippen molar-refractivity contribution in [1.82, 2.24) is 14.8 Å². The number of nitrogens with zero attached hydrogens (tertiary/aromatic N) is 4. The van der Waals surface area contributed by atoms with Crippen LogP contribution in [-0.2, 0) is 6.54 Å². The summed E-state index contributed by atoms with van der Waals surface area (Å²) < 4.78 is 24.6. The zero-order valence-electron chi connectivity index (χ0n) is 22.1. The number of aromatic nitrogens is 1. The Balaban J connectivity index is 1.49. The first-order valence-electron chi connectivity index (χ1n) is 12.7. The van der Waals surface area contributed by atoms with E-state index in [-0.39, 0.29) is 0 Å². The van der Waals surface area contributed by atoms with Gasteiger partial charge in [0.2, 0.25) is 0 Å². The summed E-state index contributed by atoms with van der Waals surface area (Å²) in [5.41, 5.74) is 3.79. The molecule has 38 heavy (non-hydrogen) atoms. The number of halogens is 2. The molecule has 5 rings (SSSR count). The van der Waals surface area contributed by atoms with Crippen LogP contribution in [0, 0.1) is 11.3 Å². The number of nitrogens with one attached hydrogen (secondary N) is 1. The van der Waals surface area contributed by atoms with Gasteiger partial charge in [-0.2, -0.15) is 5.26 Å². The van der Waals surface area contributed by atoms with Crippen molar-refractivity contribution in [3.63, 3.8) is 0 Å². The van der Waals surface area contributed by atoms with Crippen molar-refractivity contribution < 1.29 is 15.3 Å². The van der Waals surface area contributed by atoms with Crippen molar-refractivity contribution in [2.75, 3.05) is 52.7 Å². The summed E-state index contributed by atoms with van der Waals surface area (Å²) in [7, 11) is 3.46. The molecule has 0 spiro atoms. The van der Waals surface area contributed by atoms with Crippen LogP contribution in [0.3, 0.4) is 0 Å². The van der Waals surface area contributed by atoms with E-state index in [0.717, 1.165) is 43.1 Å². The van der Waals surface area contributed by atoms with E-state index in [1.807, 2.05) is 18.2 Å². The van der Waals surface area contributed by atoms with Crippen molar-refractivity contribution in [2.45, 2.75) is 6.54 Å². The minimum atomic E-state index is 0.336. The molecule has 0 atom stereocenters. The quantitative estimate of drug-likeness (QED) is 0.290. The Labute approximate surface area is 232 Å². The Bertz CT molecular complexity index is 1550. The topological polar surface area (TPSA) is 86.8 Å². The smallest absolute Gasteiger partial charge is 0.139 e. The molecule has 1 N–H and O–H groups in total. The van der Waals surface area contributed by atoms with E-state index in [4.69, 9.17) is 38.5 Å². The number of benzene rings is 2. The minimum absolute atomic E-state index is 0.336. The van der Waals surface area contributed by atoms with E-state index in [2.05, 4.69) is 26.2 Å². The van der Waals surface area contributed by atoms with Crippen LogP contribution in [0.2, 0.25) is 10.0 Å². The number of nitriles is 1. The fraction of sp³-hybridized carbons (Fsp3) is 0.286. The van der Waals surface area contributed by atoms with E-state index in [9.17, 15) is 5.26 Å². The van der Waals surface area contributed by atoms with Gasteiger partial charge in [0.15, 0.2) is 0 Å². The molecule has 0 radical (unpaired) electrons. The molecule has 4 aromatic rings. The number of fused-ring (bicyclic) bond motifs is 1. The van der Waals surface area contributed by atoms with E-state index < -0.39 is 0 Å². The number of furan rings is 1. The van der Waals surface area contributed by atoms with Crippen molar-refractivity contribution in [3.05, 3.63) is 64.2 Å². The molecule has 0 unspecified atom stereocenters. The summed E-state index contributed by atoms with van der Waals surface area (Å²) in [6.07, 6.45) is 3.25. The summed E-state index contributed by atoms with van der Waals surface area (Å²) in [6.45, 7) is 4.27. The number of hydrogen-bond donors (Lipinski definition) is 1. The molecular weight excluding hydrogens is 525 g/mol. The van der Waals surface area contributed by atoms with Gasteiger partial charge in [0.05, 0.1) is 59.5 Å². The summed E-state index contributed by atoms with van der Waals surface area (Å²) in [6, 6.07) is 11.3. The van der Waals surface area contributed by atoms with Crippen LogP contribution in [0.1, 0.15) is 12.7 Å². The van der Waals surface area contributed by atoms with Gasteiger partial charge < -0.3 is 24.1 Å². The van der Waals surface area contributed by atoms with E-state index in [1.165, 1.54) is 13.3 Å². The summed E-state index contributed by atoms with van der Waals surface area (Å²) in [5, 5.41) is 14.6. The number of ether oxygens (including phenoxy) is 2. The van der Waals surface area contributed by atoms with Crippen molar-refractivity contribution in [2.24, 2.45) is 0 Å². The second-order valence-electron chi connectivity index (χ2n) is 9.02. The van der Waals surface area contributed by atoms with Crippen LogP contribution in [0.4, 0.5) is 11.4 Å². The maximum Gasteiger partial charge on any atom is 0.139 e. The van der Waals surface area contributed by atoms with Crippen molar-refractivity contribution >= 4 is 45.5 Å². The van der Waals surface area contributed by atoms with Crippen molar-refractivity contribution in [1.29, 1.82) is 5.26 Å². The molecule has 2 aromatic heterocycles. The van der Waals surface area contributed by atoms with E-state index >= 15 is 0 Å². The molecule has 0 bridgehead atoms. The highest BCUT2D eigenvalue weighted by Crippen LogP contribution is 2.41. The van der Waals surface area contributed by atoms with Gasteiger partial charge in [-0.25, -0.2) is 0 Å².